The van der Waals surface area contributed by atoms with Crippen LogP contribution in [0.4, 0.5) is 5.69 Å². The molecule has 0 bridgehead atoms. The zero-order chi connectivity index (χ0) is 14.7. The highest BCUT2D eigenvalue weighted by atomic mass is 16.5. The SMILES string of the molecule is COc1ncnc(Oc2ncn(-c3ccccc3)n2)c1N. The summed E-state index contributed by atoms with van der Waals surface area (Å²) in [7, 11) is 1.46. The first-order valence-electron chi connectivity index (χ1n) is 6.07. The van der Waals surface area contributed by atoms with Crippen LogP contribution in [0.2, 0.25) is 0 Å². The zero-order valence-corrected chi connectivity index (χ0v) is 11.2. The van der Waals surface area contributed by atoms with Gasteiger partial charge in [0.25, 0.3) is 5.88 Å². The molecule has 2 N–H and O–H groups in total. The standard InChI is InChI=1S/C13H12N6O2/c1-20-11-10(14)12(16-7-15-11)21-13-17-8-19(18-13)9-5-3-2-4-6-9/h2-8H,14H2,1H3. The maximum absolute atomic E-state index is 5.82. The number of methoxy groups -OCH3 is 1. The Labute approximate surface area is 120 Å². The highest BCUT2D eigenvalue weighted by Crippen LogP contribution is 2.28. The van der Waals surface area contributed by atoms with Crippen molar-refractivity contribution in [3.8, 4) is 23.5 Å². The average Bonchev–Trinajstić information content (AvgIpc) is 2.99. The molecule has 3 rings (SSSR count). The highest BCUT2D eigenvalue weighted by molar-refractivity contribution is 5.56. The molecular formula is C13H12N6O2. The van der Waals surface area contributed by atoms with Crippen molar-refractivity contribution in [2.24, 2.45) is 0 Å². The predicted octanol–water partition coefficient (Wildman–Crippen LogP) is 1.44. The van der Waals surface area contributed by atoms with Crippen molar-refractivity contribution in [2.45, 2.75) is 0 Å². The second kappa shape index (κ2) is 5.45. The van der Waals surface area contributed by atoms with Crippen LogP contribution in [0, 0.1) is 0 Å². The second-order valence-electron chi connectivity index (χ2n) is 4.01. The molecule has 0 saturated heterocycles. The summed E-state index contributed by atoms with van der Waals surface area (Å²) in [6.45, 7) is 0. The van der Waals surface area contributed by atoms with Crippen molar-refractivity contribution < 1.29 is 9.47 Å². The molecule has 0 radical (unpaired) electrons. The average molecular weight is 284 g/mol. The van der Waals surface area contributed by atoms with Crippen molar-refractivity contribution in [3.05, 3.63) is 43.0 Å². The summed E-state index contributed by atoms with van der Waals surface area (Å²) < 4.78 is 12.0. The third kappa shape index (κ3) is 2.59. The van der Waals surface area contributed by atoms with E-state index in [1.807, 2.05) is 30.3 Å². The summed E-state index contributed by atoms with van der Waals surface area (Å²) in [4.78, 5) is 11.9. The van der Waals surface area contributed by atoms with Gasteiger partial charge in [-0.3, -0.25) is 0 Å². The van der Waals surface area contributed by atoms with Gasteiger partial charge in [-0.25, -0.2) is 4.68 Å². The van der Waals surface area contributed by atoms with E-state index in [1.54, 1.807) is 11.0 Å². The number of anilines is 1. The Hall–Kier alpha value is -3.16. The fraction of sp³-hybridized carbons (Fsp3) is 0.0769. The molecule has 0 aliphatic heterocycles. The van der Waals surface area contributed by atoms with Crippen LogP contribution in [0.25, 0.3) is 5.69 Å². The summed E-state index contributed by atoms with van der Waals surface area (Å²) >= 11 is 0. The molecule has 1 aromatic carbocycles. The van der Waals surface area contributed by atoms with E-state index in [2.05, 4.69) is 20.1 Å². The van der Waals surface area contributed by atoms with Crippen molar-refractivity contribution in [1.82, 2.24) is 24.7 Å². The maximum atomic E-state index is 5.82. The molecule has 2 aromatic heterocycles. The van der Waals surface area contributed by atoms with Gasteiger partial charge in [-0.05, 0) is 12.1 Å². The van der Waals surface area contributed by atoms with E-state index < -0.39 is 0 Å². The fourth-order valence-electron chi connectivity index (χ4n) is 1.69. The summed E-state index contributed by atoms with van der Waals surface area (Å²) in [5.41, 5.74) is 6.88. The topological polar surface area (TPSA) is 101 Å². The van der Waals surface area contributed by atoms with Crippen LogP contribution in [0.15, 0.2) is 43.0 Å². The number of hydrogen-bond donors (Lipinski definition) is 1. The first-order valence-corrected chi connectivity index (χ1v) is 6.07. The predicted molar refractivity (Wildman–Crippen MR) is 74.4 cm³/mol. The van der Waals surface area contributed by atoms with Gasteiger partial charge in [0.1, 0.15) is 12.7 Å². The molecular weight excluding hydrogens is 272 g/mol. The van der Waals surface area contributed by atoms with E-state index in [0.29, 0.717) is 0 Å². The smallest absolute Gasteiger partial charge is 0.342 e. The van der Waals surface area contributed by atoms with Gasteiger partial charge in [0.2, 0.25) is 5.88 Å². The molecule has 0 saturated carbocycles. The maximum Gasteiger partial charge on any atom is 0.342 e. The van der Waals surface area contributed by atoms with Gasteiger partial charge in [0.15, 0.2) is 5.69 Å². The van der Waals surface area contributed by atoms with Crippen molar-refractivity contribution in [1.29, 1.82) is 0 Å². The number of para-hydroxylation sites is 1. The van der Waals surface area contributed by atoms with Gasteiger partial charge >= 0.3 is 6.01 Å². The monoisotopic (exact) mass is 284 g/mol. The molecule has 0 aliphatic rings. The van der Waals surface area contributed by atoms with Crippen LogP contribution < -0.4 is 15.2 Å². The van der Waals surface area contributed by atoms with E-state index in [0.717, 1.165) is 5.69 Å². The first-order chi connectivity index (χ1) is 10.3. The van der Waals surface area contributed by atoms with E-state index >= 15 is 0 Å². The molecule has 0 fully saturated rings. The van der Waals surface area contributed by atoms with E-state index in [9.17, 15) is 0 Å². The Morgan fingerprint density at radius 1 is 1.05 bits per heavy atom. The molecule has 8 nitrogen and oxygen atoms in total. The van der Waals surface area contributed by atoms with Gasteiger partial charge < -0.3 is 15.2 Å². The van der Waals surface area contributed by atoms with Crippen LogP contribution in [0.5, 0.6) is 17.8 Å². The molecule has 0 aliphatic carbocycles. The number of aromatic nitrogens is 5. The Bertz CT molecular complexity index is 743. The molecule has 3 aromatic rings. The molecule has 0 unspecified atom stereocenters. The molecule has 0 amide bonds. The van der Waals surface area contributed by atoms with Gasteiger partial charge in [-0.15, -0.1) is 5.10 Å². The lowest BCUT2D eigenvalue weighted by atomic mass is 10.3. The summed E-state index contributed by atoms with van der Waals surface area (Å²) in [6, 6.07) is 9.67. The Kier molecular flexibility index (Phi) is 3.34. The Morgan fingerprint density at radius 3 is 2.57 bits per heavy atom. The van der Waals surface area contributed by atoms with Crippen LogP contribution in [-0.2, 0) is 0 Å². The largest absolute Gasteiger partial charge is 0.479 e. The van der Waals surface area contributed by atoms with E-state index in [4.69, 9.17) is 15.2 Å². The Balaban J connectivity index is 1.85. The van der Waals surface area contributed by atoms with Gasteiger partial charge in [-0.1, -0.05) is 18.2 Å². The Morgan fingerprint density at radius 2 is 1.81 bits per heavy atom. The summed E-state index contributed by atoms with van der Waals surface area (Å²) in [5.74, 6) is 0.384. The van der Waals surface area contributed by atoms with Crippen molar-refractivity contribution in [2.75, 3.05) is 12.8 Å². The van der Waals surface area contributed by atoms with Gasteiger partial charge in [-0.2, -0.15) is 15.0 Å². The number of rotatable bonds is 4. The van der Waals surface area contributed by atoms with Crippen molar-refractivity contribution in [3.63, 3.8) is 0 Å². The van der Waals surface area contributed by atoms with Crippen LogP contribution in [0.3, 0.4) is 0 Å². The third-order valence-electron chi connectivity index (χ3n) is 2.68. The molecule has 21 heavy (non-hydrogen) atoms. The van der Waals surface area contributed by atoms with E-state index in [1.165, 1.54) is 13.4 Å². The minimum atomic E-state index is 0.131. The molecule has 8 heteroatoms. The quantitative estimate of drug-likeness (QED) is 0.773. The summed E-state index contributed by atoms with van der Waals surface area (Å²) in [5, 5.41) is 4.20. The minimum absolute atomic E-state index is 0.131. The molecule has 106 valence electrons. The number of hydrogen-bond acceptors (Lipinski definition) is 7. The van der Waals surface area contributed by atoms with Crippen molar-refractivity contribution >= 4 is 5.69 Å². The second-order valence-corrected chi connectivity index (χ2v) is 4.01. The number of nitrogens with two attached hydrogens (primary N) is 1. The van der Waals surface area contributed by atoms with Crippen LogP contribution in [0.1, 0.15) is 0 Å². The summed E-state index contributed by atoms with van der Waals surface area (Å²) in [6.07, 6.45) is 2.83. The van der Waals surface area contributed by atoms with Crippen LogP contribution in [-0.4, -0.2) is 31.8 Å². The lowest BCUT2D eigenvalue weighted by molar-refractivity contribution is 0.386. The molecule has 2 heterocycles. The highest BCUT2D eigenvalue weighted by Gasteiger charge is 2.13. The normalized spacial score (nSPS) is 10.3. The minimum Gasteiger partial charge on any atom is -0.479 e. The lowest BCUT2D eigenvalue weighted by Crippen LogP contribution is -2.01. The van der Waals surface area contributed by atoms with Gasteiger partial charge in [0, 0.05) is 0 Å². The third-order valence-corrected chi connectivity index (χ3v) is 2.68. The number of nitrogen functional groups attached to an aromatic ring is 1. The van der Waals surface area contributed by atoms with Crippen LogP contribution >= 0.6 is 0 Å². The molecule has 0 spiro atoms. The first kappa shape index (κ1) is 12.9. The molecule has 0 atom stereocenters. The lowest BCUT2D eigenvalue weighted by Gasteiger charge is -2.06. The number of ether oxygens (including phenoxy) is 2. The number of nitrogens with zero attached hydrogens (tertiary/aromatic N) is 5. The fourth-order valence-corrected chi connectivity index (χ4v) is 1.69. The zero-order valence-electron chi connectivity index (χ0n) is 11.2. The van der Waals surface area contributed by atoms with Gasteiger partial charge in [0.05, 0.1) is 12.8 Å². The number of benzene rings is 1. The van der Waals surface area contributed by atoms with E-state index in [-0.39, 0.29) is 23.5 Å².